The SMILES string of the molecule is CCCC(N)C(O)C(=O)NCC(=O)N[C@H](C(=O)OC(C)(C)C)c1ccccc1.CCCC(NC(=O)[C@@H]1Cc2cccc(c2)OCCCCCCC(=O)N[C@@H](C2CCCCC2)C(=O)N1)C(O)C(=O)NCC(=O)N[C@H](C(=O)OC(C)(C)C)c1ccccc1.Cl.O=C1CCCCCCOc2cccc(c2)C[C@@H](C(=O)O)NC(=O)[C@H](C2CCCCC2)N1. The van der Waals surface area contributed by atoms with Crippen LogP contribution in [0, 0.1) is 11.8 Å². The van der Waals surface area contributed by atoms with Crippen molar-refractivity contribution >= 4 is 83.5 Å². The Bertz CT molecular complexity index is 3830. The molecule has 2 heterocycles. The van der Waals surface area contributed by atoms with Gasteiger partial charge in [0.1, 0.15) is 53.0 Å². The summed E-state index contributed by atoms with van der Waals surface area (Å²) in [4.78, 5) is 155. The molecule has 652 valence electrons. The van der Waals surface area contributed by atoms with Gasteiger partial charge in [0.15, 0.2) is 18.2 Å². The van der Waals surface area contributed by atoms with Gasteiger partial charge in [-0.15, -0.1) is 12.4 Å². The number of esters is 2. The Hall–Kier alpha value is -9.71. The van der Waals surface area contributed by atoms with Crippen LogP contribution in [0.4, 0.5) is 0 Å². The zero-order valence-corrected chi connectivity index (χ0v) is 70.7. The van der Waals surface area contributed by atoms with E-state index in [4.69, 9.17) is 24.7 Å². The van der Waals surface area contributed by atoms with Gasteiger partial charge in [-0.1, -0.05) is 176 Å². The van der Waals surface area contributed by atoms with Crippen LogP contribution >= 0.6 is 12.4 Å². The van der Waals surface area contributed by atoms with Crippen LogP contribution in [-0.4, -0.2) is 172 Å². The normalized spacial score (nSPS) is 20.0. The summed E-state index contributed by atoms with van der Waals surface area (Å²) in [6.07, 6.45) is 15.9. The van der Waals surface area contributed by atoms with Gasteiger partial charge in [0, 0.05) is 31.7 Å². The summed E-state index contributed by atoms with van der Waals surface area (Å²) in [6.45, 7) is 14.2. The number of nitrogens with two attached hydrogens (primary N) is 1. The van der Waals surface area contributed by atoms with E-state index in [2.05, 4.69) is 47.9 Å². The largest absolute Gasteiger partial charge is 0.494 e. The summed E-state index contributed by atoms with van der Waals surface area (Å²) in [7, 11) is 0. The Morgan fingerprint density at radius 1 is 0.492 bits per heavy atom. The van der Waals surface area contributed by atoms with Crippen LogP contribution in [0.15, 0.2) is 109 Å². The number of aliphatic hydroxyl groups is 2. The first-order valence-electron chi connectivity index (χ1n) is 41.8. The number of amides is 9. The molecule has 4 bridgehead atoms. The number of nitrogens with one attached hydrogen (secondary N) is 9. The number of benzene rings is 4. The fourth-order valence-electron chi connectivity index (χ4n) is 14.3. The molecule has 0 spiro atoms. The van der Waals surface area contributed by atoms with Crippen molar-refractivity contribution in [2.24, 2.45) is 17.6 Å². The van der Waals surface area contributed by atoms with Gasteiger partial charge < -0.3 is 87.9 Å². The molecule has 4 aromatic rings. The Labute approximate surface area is 700 Å². The lowest BCUT2D eigenvalue weighted by molar-refractivity contribution is -0.159. The van der Waals surface area contributed by atoms with Crippen LogP contribution in [0.2, 0.25) is 0 Å². The minimum atomic E-state index is -1.76. The highest BCUT2D eigenvalue weighted by Crippen LogP contribution is 2.30. The van der Waals surface area contributed by atoms with Crippen LogP contribution in [0.3, 0.4) is 0 Å². The third-order valence-corrected chi connectivity index (χ3v) is 20.4. The standard InChI is InChI=1S/C44H63N5O9.C24H34N2O5.C20H31N3O5.ClH/c1-5-17-33(39(52)42(55)45-28-36(51)49-38(31-21-12-9-13-22-31)43(56)58-44(2,3)4)46-40(53)34-27-29-18-16-23-32(26-29)57-25-15-7-6-14-24-35(50)48-37(41(54)47-34)30-19-10-8-11-20-30;27-21-13-6-1-2-7-14-31-19-12-8-9-17(15-19)16-20(24(29)30)25-23(28)22(26-21)18-10-4-3-5-11-18;1-5-9-14(21)17(25)18(26)22-12-15(24)23-16(13-10-7-6-8-11-13)19(27)28-20(2,3)4;/h9,12-13,16,18,21-23,26,30,33-34,37-39,52H,5-8,10-11,14-15,17,19-20,24-25,27-28H2,1-4H3,(H,45,55)(H,46,53)(H,47,54)(H,48,50)(H,49,51);8-9,12,15,18,20,22H,1-7,10-11,13-14,16H2,(H,25,28)(H,26,27)(H,29,30);6-8,10-11,14,16-17,25H,5,9,12,21H2,1-4H3,(H,22,26)(H,23,24);1H/t33?,34-,37-,38-,39?;20-,22-;14?,16-,17?;/m000./s1. The number of carbonyl (C=O) groups is 12. The predicted molar refractivity (Wildman–Crippen MR) is 447 cm³/mol. The molecule has 2 aliphatic carbocycles. The molecule has 2 saturated carbocycles. The molecule has 118 heavy (non-hydrogen) atoms. The van der Waals surface area contributed by atoms with Crippen molar-refractivity contribution in [3.63, 3.8) is 0 Å². The number of hydrogen-bond donors (Lipinski definition) is 13. The number of rotatable bonds is 23. The van der Waals surface area contributed by atoms with E-state index in [1.165, 1.54) is 0 Å². The van der Waals surface area contributed by atoms with Gasteiger partial charge in [-0.25, -0.2) is 14.4 Å². The molecule has 10 atom stereocenters. The molecule has 0 saturated heterocycles. The van der Waals surface area contributed by atoms with Crippen LogP contribution in [0.25, 0.3) is 0 Å². The fourth-order valence-corrected chi connectivity index (χ4v) is 14.3. The number of hydrogen-bond acceptors (Lipinski definition) is 19. The number of aliphatic hydroxyl groups excluding tert-OH is 2. The van der Waals surface area contributed by atoms with Gasteiger partial charge in [-0.05, 0) is 164 Å². The smallest absolute Gasteiger partial charge is 0.333 e. The highest BCUT2D eigenvalue weighted by Gasteiger charge is 2.38. The summed E-state index contributed by atoms with van der Waals surface area (Å²) < 4.78 is 22.7. The molecular weight excluding hydrogens is 1540 g/mol. The Morgan fingerprint density at radius 3 is 1.29 bits per heavy atom. The average molecular weight is 1670 g/mol. The minimum absolute atomic E-state index is 0. The van der Waals surface area contributed by atoms with Gasteiger partial charge in [-0.2, -0.15) is 0 Å². The molecule has 4 aliphatic rings. The molecular formula is C88H129ClN10O19. The fraction of sp³-hybridized carbons (Fsp3) is 0.591. The number of ether oxygens (including phenoxy) is 4. The molecule has 0 aromatic heterocycles. The van der Waals surface area contributed by atoms with E-state index < -0.39 is 144 Å². The molecule has 2 aliphatic heterocycles. The van der Waals surface area contributed by atoms with Crippen LogP contribution < -0.4 is 63.1 Å². The van der Waals surface area contributed by atoms with Crippen LogP contribution in [0.1, 0.15) is 244 Å². The first-order chi connectivity index (χ1) is 55.8. The summed E-state index contributed by atoms with van der Waals surface area (Å²) >= 11 is 0. The van der Waals surface area contributed by atoms with Crippen molar-refractivity contribution < 1.29 is 91.8 Å². The number of aliphatic carboxylic acids is 1. The van der Waals surface area contributed by atoms with E-state index in [9.17, 15) is 72.9 Å². The van der Waals surface area contributed by atoms with Gasteiger partial charge >= 0.3 is 17.9 Å². The number of fused-ring (bicyclic) bond motifs is 4. The van der Waals surface area contributed by atoms with Gasteiger partial charge in [0.25, 0.3) is 11.8 Å². The second-order valence-corrected chi connectivity index (χ2v) is 32.6. The average Bonchev–Trinajstić information content (AvgIpc) is 0.931. The van der Waals surface area contributed by atoms with Gasteiger partial charge in [-0.3, -0.25) is 43.2 Å². The van der Waals surface area contributed by atoms with Crippen molar-refractivity contribution in [3.8, 4) is 11.5 Å². The third-order valence-electron chi connectivity index (χ3n) is 20.4. The summed E-state index contributed by atoms with van der Waals surface area (Å²) in [5.41, 5.74) is 6.73. The van der Waals surface area contributed by atoms with Crippen LogP contribution in [0.5, 0.6) is 11.5 Å². The Balaban J connectivity index is 0.000000347. The molecule has 29 nitrogen and oxygen atoms in total. The monoisotopic (exact) mass is 1660 g/mol. The van der Waals surface area contributed by atoms with E-state index in [1.807, 2.05) is 62.4 Å². The zero-order chi connectivity index (χ0) is 85.5. The molecule has 4 aromatic carbocycles. The molecule has 2 fully saturated rings. The third kappa shape index (κ3) is 36.3. The minimum Gasteiger partial charge on any atom is -0.494 e. The topological polar surface area (TPSA) is 437 Å². The van der Waals surface area contributed by atoms with E-state index in [0.717, 1.165) is 127 Å². The second-order valence-electron chi connectivity index (χ2n) is 32.6. The molecule has 8 rings (SSSR count). The number of carboxylic acid groups (broad SMARTS) is 1. The highest BCUT2D eigenvalue weighted by molar-refractivity contribution is 5.95. The number of carbonyl (C=O) groups excluding carboxylic acids is 11. The van der Waals surface area contributed by atoms with Gasteiger partial charge in [0.2, 0.25) is 41.4 Å². The number of halogens is 1. The first kappa shape index (κ1) is 98.9. The zero-order valence-electron chi connectivity index (χ0n) is 69.9. The quantitative estimate of drug-likeness (QED) is 0.0309. The van der Waals surface area contributed by atoms with Gasteiger partial charge in [0.05, 0.1) is 32.3 Å². The van der Waals surface area contributed by atoms with Crippen molar-refractivity contribution in [3.05, 3.63) is 131 Å². The van der Waals surface area contributed by atoms with E-state index in [1.54, 1.807) is 102 Å². The lowest BCUT2D eigenvalue weighted by Gasteiger charge is -2.32. The molecule has 14 N–H and O–H groups in total. The van der Waals surface area contributed by atoms with Crippen molar-refractivity contribution in [1.82, 2.24) is 47.9 Å². The molecule has 4 unspecified atom stereocenters. The molecule has 30 heteroatoms. The first-order valence-corrected chi connectivity index (χ1v) is 41.8. The summed E-state index contributed by atoms with van der Waals surface area (Å²) in [5, 5.41) is 55.1. The van der Waals surface area contributed by atoms with Crippen molar-refractivity contribution in [2.45, 2.75) is 294 Å². The van der Waals surface area contributed by atoms with Crippen molar-refractivity contribution in [1.29, 1.82) is 0 Å². The summed E-state index contributed by atoms with van der Waals surface area (Å²) in [5.74, 6) is -5.85. The van der Waals surface area contributed by atoms with Crippen LogP contribution in [-0.2, 0) is 79.8 Å². The lowest BCUT2D eigenvalue weighted by atomic mass is 9.83. The predicted octanol–water partition coefficient (Wildman–Crippen LogP) is 8.50. The lowest BCUT2D eigenvalue weighted by Crippen LogP contribution is -2.59. The van der Waals surface area contributed by atoms with E-state index >= 15 is 0 Å². The van der Waals surface area contributed by atoms with E-state index in [-0.39, 0.29) is 55.3 Å². The number of carboxylic acids is 1. The second kappa shape index (κ2) is 51.6. The Morgan fingerprint density at radius 2 is 0.881 bits per heavy atom. The Kier molecular flexibility index (Phi) is 43.2. The highest BCUT2D eigenvalue weighted by atomic mass is 35.5. The maximum absolute atomic E-state index is 14.2. The molecule has 0 radical (unpaired) electrons. The van der Waals surface area contributed by atoms with Crippen molar-refractivity contribution in [2.75, 3.05) is 26.3 Å². The van der Waals surface area contributed by atoms with E-state index in [0.29, 0.717) is 67.9 Å². The summed E-state index contributed by atoms with van der Waals surface area (Å²) in [6, 6.07) is 24.2. The maximum atomic E-state index is 14.2. The molecule has 9 amide bonds. The maximum Gasteiger partial charge on any atom is 0.333 e.